The molecule has 1 aliphatic rings. The van der Waals surface area contributed by atoms with E-state index in [1.54, 1.807) is 11.8 Å². The number of Topliss-reactive ketones (excluding diaryl/α,β-unsaturated/α-hetero) is 1. The zero-order chi connectivity index (χ0) is 13.3. The molecule has 1 saturated heterocycles. The Kier molecular flexibility index (Phi) is 4.19. The van der Waals surface area contributed by atoms with Crippen molar-refractivity contribution in [3.63, 3.8) is 0 Å². The Labute approximate surface area is 116 Å². The largest absolute Gasteiger partial charge is 0.396 e. The van der Waals surface area contributed by atoms with E-state index in [9.17, 15) is 4.79 Å². The van der Waals surface area contributed by atoms with Crippen molar-refractivity contribution in [2.75, 3.05) is 30.0 Å². The molecular formula is C12H19N3OS2. The van der Waals surface area contributed by atoms with Crippen molar-refractivity contribution in [1.82, 2.24) is 0 Å². The summed E-state index contributed by atoms with van der Waals surface area (Å²) in [5, 5.41) is 1.12. The smallest absolute Gasteiger partial charge is 0.174 e. The Hall–Kier alpha value is -0.720. The summed E-state index contributed by atoms with van der Waals surface area (Å²) >= 11 is 3.13. The average molecular weight is 285 g/mol. The SMILES string of the molecule is CCC(=O)c1sc(N2CCC(N)C2)c(SC)c1N. The molecule has 4 nitrogen and oxygen atoms in total. The number of hydrogen-bond acceptors (Lipinski definition) is 6. The van der Waals surface area contributed by atoms with Gasteiger partial charge in [-0.15, -0.1) is 23.1 Å². The van der Waals surface area contributed by atoms with Crippen molar-refractivity contribution in [2.24, 2.45) is 5.73 Å². The van der Waals surface area contributed by atoms with Crippen LogP contribution in [0.15, 0.2) is 4.90 Å². The topological polar surface area (TPSA) is 72.3 Å². The lowest BCUT2D eigenvalue weighted by Gasteiger charge is -2.17. The van der Waals surface area contributed by atoms with Gasteiger partial charge < -0.3 is 16.4 Å². The second kappa shape index (κ2) is 5.50. The maximum absolute atomic E-state index is 11.9. The highest BCUT2D eigenvalue weighted by Gasteiger charge is 2.27. The molecule has 2 rings (SSSR count). The first-order valence-electron chi connectivity index (χ1n) is 6.08. The minimum absolute atomic E-state index is 0.127. The van der Waals surface area contributed by atoms with Gasteiger partial charge in [0.05, 0.1) is 15.5 Å². The molecule has 0 aromatic carbocycles. The van der Waals surface area contributed by atoms with E-state index < -0.39 is 0 Å². The van der Waals surface area contributed by atoms with E-state index >= 15 is 0 Å². The fraction of sp³-hybridized carbons (Fsp3) is 0.583. The second-order valence-electron chi connectivity index (χ2n) is 4.45. The molecule has 18 heavy (non-hydrogen) atoms. The van der Waals surface area contributed by atoms with E-state index in [0.29, 0.717) is 17.0 Å². The van der Waals surface area contributed by atoms with Crippen LogP contribution in [0.25, 0.3) is 0 Å². The van der Waals surface area contributed by atoms with Gasteiger partial charge in [0.25, 0.3) is 0 Å². The van der Waals surface area contributed by atoms with Crippen LogP contribution in [-0.4, -0.2) is 31.2 Å². The van der Waals surface area contributed by atoms with E-state index in [-0.39, 0.29) is 11.8 Å². The molecule has 1 aromatic heterocycles. The van der Waals surface area contributed by atoms with Crippen molar-refractivity contribution >= 4 is 39.6 Å². The lowest BCUT2D eigenvalue weighted by molar-refractivity contribution is 0.0992. The summed E-state index contributed by atoms with van der Waals surface area (Å²) in [6.07, 6.45) is 3.50. The molecular weight excluding hydrogens is 266 g/mol. The molecule has 1 atom stereocenters. The zero-order valence-electron chi connectivity index (χ0n) is 10.7. The van der Waals surface area contributed by atoms with Crippen LogP contribution in [0.3, 0.4) is 0 Å². The molecule has 6 heteroatoms. The van der Waals surface area contributed by atoms with E-state index in [1.807, 2.05) is 13.2 Å². The van der Waals surface area contributed by atoms with Crippen molar-refractivity contribution in [1.29, 1.82) is 0 Å². The van der Waals surface area contributed by atoms with Crippen LogP contribution in [0.5, 0.6) is 0 Å². The van der Waals surface area contributed by atoms with Crippen LogP contribution in [0.4, 0.5) is 10.7 Å². The number of anilines is 2. The Morgan fingerprint density at radius 1 is 1.61 bits per heavy atom. The van der Waals surface area contributed by atoms with Gasteiger partial charge in [-0.3, -0.25) is 4.79 Å². The number of thiophene rings is 1. The summed E-state index contributed by atoms with van der Waals surface area (Å²) in [5.74, 6) is 0.127. The number of nitrogens with two attached hydrogens (primary N) is 2. The van der Waals surface area contributed by atoms with Crippen molar-refractivity contribution in [3.8, 4) is 0 Å². The number of carbonyl (C=O) groups excluding carboxylic acids is 1. The lowest BCUT2D eigenvalue weighted by atomic mass is 10.2. The van der Waals surface area contributed by atoms with Gasteiger partial charge in [0.1, 0.15) is 5.00 Å². The van der Waals surface area contributed by atoms with Gasteiger partial charge in [-0.1, -0.05) is 6.92 Å². The summed E-state index contributed by atoms with van der Waals surface area (Å²) in [7, 11) is 0. The fourth-order valence-corrected chi connectivity index (χ4v) is 4.39. The molecule has 0 amide bonds. The predicted molar refractivity (Wildman–Crippen MR) is 79.9 cm³/mol. The number of nitrogens with zero attached hydrogens (tertiary/aromatic N) is 1. The van der Waals surface area contributed by atoms with Gasteiger partial charge in [-0.2, -0.15) is 0 Å². The second-order valence-corrected chi connectivity index (χ2v) is 6.27. The van der Waals surface area contributed by atoms with Crippen molar-refractivity contribution in [2.45, 2.75) is 30.7 Å². The molecule has 0 radical (unpaired) electrons. The predicted octanol–water partition coefficient (Wildman–Crippen LogP) is 2.18. The van der Waals surface area contributed by atoms with Crippen LogP contribution in [0.2, 0.25) is 0 Å². The standard InChI is InChI=1S/C12H19N3OS2/c1-3-8(16)10-9(14)11(17-2)12(18-10)15-5-4-7(13)6-15/h7H,3-6,13-14H2,1-2H3. The summed E-state index contributed by atoms with van der Waals surface area (Å²) in [5.41, 5.74) is 12.7. The molecule has 0 aliphatic carbocycles. The Bertz CT molecular complexity index is 458. The van der Waals surface area contributed by atoms with Gasteiger partial charge in [0.2, 0.25) is 0 Å². The van der Waals surface area contributed by atoms with Gasteiger partial charge >= 0.3 is 0 Å². The third-order valence-electron chi connectivity index (χ3n) is 3.17. The van der Waals surface area contributed by atoms with Gasteiger partial charge in [0.15, 0.2) is 5.78 Å². The van der Waals surface area contributed by atoms with Crippen molar-refractivity contribution in [3.05, 3.63) is 4.88 Å². The molecule has 2 heterocycles. The van der Waals surface area contributed by atoms with Gasteiger partial charge in [-0.25, -0.2) is 0 Å². The van der Waals surface area contributed by atoms with E-state index in [4.69, 9.17) is 11.5 Å². The first-order valence-corrected chi connectivity index (χ1v) is 8.12. The fourth-order valence-electron chi connectivity index (χ4n) is 2.16. The number of rotatable bonds is 4. The monoisotopic (exact) mass is 285 g/mol. The number of hydrogen-bond donors (Lipinski definition) is 2. The number of carbonyl (C=O) groups is 1. The number of thioether (sulfide) groups is 1. The number of nitrogen functional groups attached to an aromatic ring is 1. The molecule has 1 aliphatic heterocycles. The summed E-state index contributed by atoms with van der Waals surface area (Å²) in [4.78, 5) is 15.9. The summed E-state index contributed by atoms with van der Waals surface area (Å²) in [6, 6.07) is 0.230. The first-order chi connectivity index (χ1) is 8.58. The third kappa shape index (κ3) is 2.37. The lowest BCUT2D eigenvalue weighted by Crippen LogP contribution is -2.26. The Morgan fingerprint density at radius 2 is 2.33 bits per heavy atom. The molecule has 0 saturated carbocycles. The van der Waals surface area contributed by atoms with Crippen LogP contribution in [-0.2, 0) is 0 Å². The molecule has 0 bridgehead atoms. The molecule has 1 aromatic rings. The minimum Gasteiger partial charge on any atom is -0.396 e. The van der Waals surface area contributed by atoms with E-state index in [1.165, 1.54) is 11.3 Å². The first kappa shape index (κ1) is 13.7. The minimum atomic E-state index is 0.127. The van der Waals surface area contributed by atoms with E-state index in [2.05, 4.69) is 4.90 Å². The van der Waals surface area contributed by atoms with Gasteiger partial charge in [-0.05, 0) is 12.7 Å². The molecule has 100 valence electrons. The summed E-state index contributed by atoms with van der Waals surface area (Å²) < 4.78 is 0. The summed E-state index contributed by atoms with van der Waals surface area (Å²) in [6.45, 7) is 3.67. The highest BCUT2D eigenvalue weighted by molar-refractivity contribution is 7.99. The van der Waals surface area contributed by atoms with Crippen LogP contribution in [0.1, 0.15) is 29.4 Å². The molecule has 0 spiro atoms. The average Bonchev–Trinajstić information content (AvgIpc) is 2.92. The molecule has 4 N–H and O–H groups in total. The Balaban J connectivity index is 2.38. The van der Waals surface area contributed by atoms with Crippen LogP contribution >= 0.6 is 23.1 Å². The van der Waals surface area contributed by atoms with Crippen LogP contribution < -0.4 is 16.4 Å². The zero-order valence-corrected chi connectivity index (χ0v) is 12.4. The third-order valence-corrected chi connectivity index (χ3v) is 5.43. The van der Waals surface area contributed by atoms with Crippen molar-refractivity contribution < 1.29 is 4.79 Å². The quantitative estimate of drug-likeness (QED) is 0.655. The number of ketones is 1. The van der Waals surface area contributed by atoms with E-state index in [0.717, 1.165) is 29.4 Å². The highest BCUT2D eigenvalue weighted by atomic mass is 32.2. The van der Waals surface area contributed by atoms with Gasteiger partial charge in [0, 0.05) is 25.6 Å². The van der Waals surface area contributed by atoms with Crippen LogP contribution in [0, 0.1) is 0 Å². The maximum Gasteiger partial charge on any atom is 0.174 e. The Morgan fingerprint density at radius 3 is 2.83 bits per heavy atom. The highest BCUT2D eigenvalue weighted by Crippen LogP contribution is 2.45. The molecule has 1 unspecified atom stereocenters. The maximum atomic E-state index is 11.9. The molecule has 1 fully saturated rings. The normalized spacial score (nSPS) is 19.5.